The van der Waals surface area contributed by atoms with E-state index in [0.717, 1.165) is 22.4 Å². The molecule has 3 aromatic carbocycles. The lowest BCUT2D eigenvalue weighted by Gasteiger charge is -2.18. The lowest BCUT2D eigenvalue weighted by Crippen LogP contribution is -2.32. The van der Waals surface area contributed by atoms with Crippen molar-refractivity contribution < 1.29 is 24.9 Å². The van der Waals surface area contributed by atoms with Crippen molar-refractivity contribution in [3.8, 4) is 17.2 Å². The first-order valence-electron chi connectivity index (χ1n) is 11.2. The Labute approximate surface area is 200 Å². The summed E-state index contributed by atoms with van der Waals surface area (Å²) in [5, 5.41) is 35.8. The molecule has 0 aliphatic heterocycles. The zero-order valence-corrected chi connectivity index (χ0v) is 19.5. The number of carbonyl (C=O) groups excluding carboxylic acids is 1. The van der Waals surface area contributed by atoms with Crippen LogP contribution in [0, 0.1) is 0 Å². The summed E-state index contributed by atoms with van der Waals surface area (Å²) in [5.74, 6) is 0.501. The van der Waals surface area contributed by atoms with Crippen LogP contribution in [-0.4, -0.2) is 40.9 Å². The van der Waals surface area contributed by atoms with Crippen molar-refractivity contribution in [2.75, 3.05) is 13.7 Å². The fourth-order valence-electron chi connectivity index (χ4n) is 3.82. The number of aliphatic hydroxyl groups excluding tert-OH is 1. The largest absolute Gasteiger partial charge is 0.508 e. The Kier molecular flexibility index (Phi) is 8.90. The molecule has 0 spiro atoms. The molecule has 0 aromatic heterocycles. The van der Waals surface area contributed by atoms with E-state index in [1.807, 2.05) is 55.5 Å². The molecule has 0 radical (unpaired) electrons. The molecule has 34 heavy (non-hydrogen) atoms. The molecule has 3 aromatic rings. The summed E-state index contributed by atoms with van der Waals surface area (Å²) in [4.78, 5) is 12.5. The van der Waals surface area contributed by atoms with Gasteiger partial charge >= 0.3 is 0 Å². The molecule has 0 aliphatic carbocycles. The van der Waals surface area contributed by atoms with Crippen LogP contribution in [0.15, 0.2) is 66.7 Å². The van der Waals surface area contributed by atoms with E-state index in [9.17, 15) is 20.1 Å². The van der Waals surface area contributed by atoms with Crippen LogP contribution in [0.3, 0.4) is 0 Å². The second-order valence-electron chi connectivity index (χ2n) is 8.40. The third kappa shape index (κ3) is 7.50. The van der Waals surface area contributed by atoms with Crippen LogP contribution in [0.25, 0.3) is 0 Å². The average molecular weight is 465 g/mol. The fourth-order valence-corrected chi connectivity index (χ4v) is 3.82. The van der Waals surface area contributed by atoms with Crippen molar-refractivity contribution in [3.63, 3.8) is 0 Å². The van der Waals surface area contributed by atoms with Gasteiger partial charge in [-0.15, -0.1) is 0 Å². The first-order valence-corrected chi connectivity index (χ1v) is 11.2. The Balaban J connectivity index is 1.49. The van der Waals surface area contributed by atoms with Crippen LogP contribution in [0.5, 0.6) is 17.2 Å². The SMILES string of the molecule is COc1ccccc1CNC(=O)Cc1cccc(CC(C)NCC(O)c2cc(O)cc(O)c2)c1. The summed E-state index contributed by atoms with van der Waals surface area (Å²) in [6.45, 7) is 2.69. The maximum Gasteiger partial charge on any atom is 0.224 e. The number of hydrogen-bond acceptors (Lipinski definition) is 6. The Morgan fingerprint density at radius 1 is 0.971 bits per heavy atom. The van der Waals surface area contributed by atoms with Gasteiger partial charge in [0.25, 0.3) is 0 Å². The van der Waals surface area contributed by atoms with Gasteiger partial charge in [0, 0.05) is 30.8 Å². The van der Waals surface area contributed by atoms with Gasteiger partial charge in [0.05, 0.1) is 19.6 Å². The second kappa shape index (κ2) is 12.1. The van der Waals surface area contributed by atoms with E-state index in [1.165, 1.54) is 18.2 Å². The number of methoxy groups -OCH3 is 1. The summed E-state index contributed by atoms with van der Waals surface area (Å²) >= 11 is 0. The van der Waals surface area contributed by atoms with Crippen molar-refractivity contribution in [3.05, 3.63) is 89.0 Å². The number of amides is 1. The highest BCUT2D eigenvalue weighted by Gasteiger charge is 2.13. The van der Waals surface area contributed by atoms with Crippen LogP contribution >= 0.6 is 0 Å². The number of carbonyl (C=O) groups is 1. The fraction of sp³-hybridized carbons (Fsp3) is 0.296. The van der Waals surface area contributed by atoms with Crippen LogP contribution in [0.2, 0.25) is 0 Å². The molecule has 0 aliphatic rings. The molecule has 1 amide bonds. The van der Waals surface area contributed by atoms with E-state index in [-0.39, 0.29) is 36.4 Å². The lowest BCUT2D eigenvalue weighted by atomic mass is 10.0. The topological polar surface area (TPSA) is 111 Å². The molecule has 7 heteroatoms. The van der Waals surface area contributed by atoms with Crippen LogP contribution in [0.1, 0.15) is 35.3 Å². The van der Waals surface area contributed by atoms with Crippen molar-refractivity contribution in [2.45, 2.75) is 38.5 Å². The standard InChI is InChI=1S/C27H32N2O5/c1-18(28-17-25(32)22-13-23(30)15-24(31)14-22)10-19-6-5-7-20(11-19)12-27(33)29-16-21-8-3-4-9-26(21)34-2/h3-9,11,13-15,18,25,28,30-32H,10,12,16-17H2,1-2H3,(H,29,33). The second-order valence-corrected chi connectivity index (χ2v) is 8.40. The normalized spacial score (nSPS) is 12.7. The summed E-state index contributed by atoms with van der Waals surface area (Å²) in [5.41, 5.74) is 3.38. The van der Waals surface area contributed by atoms with E-state index in [1.54, 1.807) is 7.11 Å². The number of nitrogens with one attached hydrogen (secondary N) is 2. The molecule has 0 bridgehead atoms. The summed E-state index contributed by atoms with van der Waals surface area (Å²) in [6.07, 6.45) is 0.137. The number of aromatic hydroxyl groups is 2. The van der Waals surface area contributed by atoms with E-state index < -0.39 is 6.10 Å². The van der Waals surface area contributed by atoms with Crippen LogP contribution in [0.4, 0.5) is 0 Å². The third-order valence-corrected chi connectivity index (χ3v) is 5.54. The number of phenols is 2. The maximum atomic E-state index is 12.5. The van der Waals surface area contributed by atoms with Gasteiger partial charge in [0.15, 0.2) is 0 Å². The molecular formula is C27H32N2O5. The zero-order valence-electron chi connectivity index (χ0n) is 19.5. The highest BCUT2D eigenvalue weighted by molar-refractivity contribution is 5.78. The summed E-state index contributed by atoms with van der Waals surface area (Å²) in [7, 11) is 1.61. The molecule has 0 saturated heterocycles. The van der Waals surface area contributed by atoms with Crippen molar-refractivity contribution in [1.29, 1.82) is 0 Å². The zero-order chi connectivity index (χ0) is 24.5. The highest BCUT2D eigenvalue weighted by atomic mass is 16.5. The molecule has 5 N–H and O–H groups in total. The lowest BCUT2D eigenvalue weighted by molar-refractivity contribution is -0.120. The number of para-hydroxylation sites is 1. The van der Waals surface area contributed by atoms with Gasteiger partial charge < -0.3 is 30.7 Å². The molecule has 3 rings (SSSR count). The van der Waals surface area contributed by atoms with Crippen LogP contribution in [-0.2, 0) is 24.2 Å². The molecule has 2 unspecified atom stereocenters. The van der Waals surface area contributed by atoms with Gasteiger partial charge in [0.2, 0.25) is 5.91 Å². The Hall–Kier alpha value is -3.55. The molecule has 0 heterocycles. The van der Waals surface area contributed by atoms with Crippen LogP contribution < -0.4 is 15.4 Å². The average Bonchev–Trinajstić information content (AvgIpc) is 2.81. The number of benzene rings is 3. The quantitative estimate of drug-likeness (QED) is 0.298. The van der Waals surface area contributed by atoms with Crippen molar-refractivity contribution in [1.82, 2.24) is 10.6 Å². The van der Waals surface area contributed by atoms with E-state index >= 15 is 0 Å². The highest BCUT2D eigenvalue weighted by Crippen LogP contribution is 2.24. The minimum atomic E-state index is -0.862. The first kappa shape index (κ1) is 25.1. The van der Waals surface area contributed by atoms with Crippen molar-refractivity contribution in [2.24, 2.45) is 0 Å². The van der Waals surface area contributed by atoms with Gasteiger partial charge in [-0.05, 0) is 48.2 Å². The van der Waals surface area contributed by atoms with E-state index in [0.29, 0.717) is 18.5 Å². The van der Waals surface area contributed by atoms with E-state index in [4.69, 9.17) is 4.74 Å². The van der Waals surface area contributed by atoms with Gasteiger partial charge in [-0.2, -0.15) is 0 Å². The number of aliphatic hydroxyl groups is 1. The molecule has 2 atom stereocenters. The minimum absolute atomic E-state index is 0.0632. The Morgan fingerprint density at radius 2 is 1.68 bits per heavy atom. The maximum absolute atomic E-state index is 12.5. The smallest absolute Gasteiger partial charge is 0.224 e. The van der Waals surface area contributed by atoms with Gasteiger partial charge in [-0.25, -0.2) is 0 Å². The minimum Gasteiger partial charge on any atom is -0.508 e. The molecule has 180 valence electrons. The number of hydrogen-bond donors (Lipinski definition) is 5. The number of phenolic OH excluding ortho intramolecular Hbond substituents is 2. The van der Waals surface area contributed by atoms with Gasteiger partial charge in [-0.3, -0.25) is 4.79 Å². The van der Waals surface area contributed by atoms with Gasteiger partial charge in [-0.1, -0.05) is 42.5 Å². The number of ether oxygens (including phenoxy) is 1. The summed E-state index contributed by atoms with van der Waals surface area (Å²) < 4.78 is 5.32. The molecule has 0 saturated carbocycles. The molecule has 0 fully saturated rings. The predicted octanol–water partition coefficient (Wildman–Crippen LogP) is 3.22. The molecular weight excluding hydrogens is 432 g/mol. The number of rotatable bonds is 11. The van der Waals surface area contributed by atoms with E-state index in [2.05, 4.69) is 10.6 Å². The summed E-state index contributed by atoms with van der Waals surface area (Å²) in [6, 6.07) is 19.6. The van der Waals surface area contributed by atoms with Crippen molar-refractivity contribution >= 4 is 5.91 Å². The Bertz CT molecular complexity index is 1080. The van der Waals surface area contributed by atoms with Gasteiger partial charge in [0.1, 0.15) is 17.2 Å². The predicted molar refractivity (Wildman–Crippen MR) is 131 cm³/mol. The monoisotopic (exact) mass is 464 g/mol. The first-order chi connectivity index (χ1) is 16.3. The third-order valence-electron chi connectivity index (χ3n) is 5.54. The Morgan fingerprint density at radius 3 is 2.41 bits per heavy atom. The molecule has 7 nitrogen and oxygen atoms in total.